The van der Waals surface area contributed by atoms with Crippen LogP contribution in [0, 0.1) is 16.0 Å². The van der Waals surface area contributed by atoms with Gasteiger partial charge in [0.1, 0.15) is 11.6 Å². The van der Waals surface area contributed by atoms with Crippen LogP contribution in [0.25, 0.3) is 0 Å². The van der Waals surface area contributed by atoms with Crippen molar-refractivity contribution in [1.29, 1.82) is 0 Å². The van der Waals surface area contributed by atoms with Gasteiger partial charge in [-0.05, 0) is 18.1 Å². The summed E-state index contributed by atoms with van der Waals surface area (Å²) in [6.07, 6.45) is 0.542. The fraction of sp³-hybridized carbons (Fsp3) is 0.385. The number of nitro benzene ring substituents is 1. The molecule has 7 nitrogen and oxygen atoms in total. The normalized spacial score (nSPS) is 13.3. The number of nitrogens with one attached hydrogen (secondary N) is 1. The van der Waals surface area contributed by atoms with Crippen LogP contribution in [-0.4, -0.2) is 27.9 Å². The molecule has 0 unspecified atom stereocenters. The Labute approximate surface area is 126 Å². The summed E-state index contributed by atoms with van der Waals surface area (Å²) in [4.78, 5) is 33.5. The quantitative estimate of drug-likeness (QED) is 0.619. The number of carbonyl (C=O) groups excluding carboxylic acids is 1. The highest BCUT2D eigenvalue weighted by molar-refractivity contribution is 6.31. The van der Waals surface area contributed by atoms with Gasteiger partial charge in [0.2, 0.25) is 0 Å². The van der Waals surface area contributed by atoms with E-state index in [-0.39, 0.29) is 16.5 Å². The Hall–Kier alpha value is -2.15. The molecule has 0 heterocycles. The third kappa shape index (κ3) is 4.16. The number of halogens is 1. The van der Waals surface area contributed by atoms with Crippen molar-refractivity contribution in [1.82, 2.24) is 5.32 Å². The van der Waals surface area contributed by atoms with Gasteiger partial charge in [0, 0.05) is 11.1 Å². The number of rotatable bonds is 6. The molecule has 1 aromatic carbocycles. The van der Waals surface area contributed by atoms with Crippen LogP contribution < -0.4 is 5.32 Å². The first-order chi connectivity index (χ1) is 9.77. The van der Waals surface area contributed by atoms with Crippen molar-refractivity contribution < 1.29 is 19.6 Å². The molecule has 0 aliphatic carbocycles. The second-order valence-corrected chi connectivity index (χ2v) is 5.03. The van der Waals surface area contributed by atoms with Crippen molar-refractivity contribution >= 4 is 29.2 Å². The lowest BCUT2D eigenvalue weighted by molar-refractivity contribution is -0.385. The van der Waals surface area contributed by atoms with E-state index >= 15 is 0 Å². The average Bonchev–Trinajstić information content (AvgIpc) is 2.43. The fourth-order valence-electron chi connectivity index (χ4n) is 1.75. The third-order valence-electron chi connectivity index (χ3n) is 3.17. The number of hydrogen-bond acceptors (Lipinski definition) is 4. The molecule has 0 aromatic heterocycles. The molecule has 1 rings (SSSR count). The van der Waals surface area contributed by atoms with Crippen molar-refractivity contribution in [3.8, 4) is 0 Å². The zero-order chi connectivity index (χ0) is 16.2. The predicted molar refractivity (Wildman–Crippen MR) is 76.5 cm³/mol. The monoisotopic (exact) mass is 314 g/mol. The van der Waals surface area contributed by atoms with Gasteiger partial charge in [0.15, 0.2) is 0 Å². The molecule has 0 spiro atoms. The number of aliphatic carboxylic acids is 1. The van der Waals surface area contributed by atoms with E-state index in [1.807, 2.05) is 0 Å². The third-order valence-corrected chi connectivity index (χ3v) is 3.40. The molecule has 21 heavy (non-hydrogen) atoms. The number of amides is 1. The minimum absolute atomic E-state index is 0.120. The summed E-state index contributed by atoms with van der Waals surface area (Å²) in [7, 11) is 0. The molecular weight excluding hydrogens is 300 g/mol. The lowest BCUT2D eigenvalue weighted by Crippen LogP contribution is -2.45. The van der Waals surface area contributed by atoms with Gasteiger partial charge in [-0.3, -0.25) is 14.9 Å². The lowest BCUT2D eigenvalue weighted by Gasteiger charge is -2.20. The van der Waals surface area contributed by atoms with Crippen LogP contribution >= 0.6 is 11.6 Å². The highest BCUT2D eigenvalue weighted by atomic mass is 35.5. The van der Waals surface area contributed by atoms with Gasteiger partial charge in [-0.25, -0.2) is 4.79 Å². The zero-order valence-corrected chi connectivity index (χ0v) is 12.3. The van der Waals surface area contributed by atoms with E-state index in [9.17, 15) is 19.7 Å². The van der Waals surface area contributed by atoms with Crippen LogP contribution in [0.5, 0.6) is 0 Å². The number of nitrogens with zero attached hydrogens (tertiary/aromatic N) is 1. The molecule has 0 saturated carbocycles. The SMILES string of the molecule is CC[C@H](C)[C@H](NC(=O)c1ccc(Cl)cc1[N+](=O)[O-])C(=O)O. The molecule has 0 aliphatic heterocycles. The summed E-state index contributed by atoms with van der Waals surface area (Å²) in [5, 5.41) is 22.5. The van der Waals surface area contributed by atoms with Crippen LogP contribution in [0.1, 0.15) is 30.6 Å². The summed E-state index contributed by atoms with van der Waals surface area (Å²) >= 11 is 5.66. The molecule has 8 heteroatoms. The van der Waals surface area contributed by atoms with Gasteiger partial charge in [0.25, 0.3) is 11.6 Å². The maximum atomic E-state index is 12.1. The molecule has 0 bridgehead atoms. The number of hydrogen-bond donors (Lipinski definition) is 2. The van der Waals surface area contributed by atoms with Gasteiger partial charge in [0.05, 0.1) is 4.92 Å². The minimum Gasteiger partial charge on any atom is -0.480 e. The molecule has 0 radical (unpaired) electrons. The molecule has 114 valence electrons. The smallest absolute Gasteiger partial charge is 0.326 e. The molecule has 0 aliphatic rings. The molecule has 1 amide bonds. The Morgan fingerprint density at radius 3 is 2.57 bits per heavy atom. The van der Waals surface area contributed by atoms with Crippen molar-refractivity contribution in [3.63, 3.8) is 0 Å². The first kappa shape index (κ1) is 16.9. The van der Waals surface area contributed by atoms with E-state index in [0.29, 0.717) is 6.42 Å². The van der Waals surface area contributed by atoms with Gasteiger partial charge >= 0.3 is 5.97 Å². The summed E-state index contributed by atoms with van der Waals surface area (Å²) in [6, 6.07) is 2.47. The van der Waals surface area contributed by atoms with Gasteiger partial charge in [-0.2, -0.15) is 0 Å². The Kier molecular flexibility index (Phi) is 5.66. The molecule has 0 saturated heterocycles. The number of benzene rings is 1. The fourth-order valence-corrected chi connectivity index (χ4v) is 1.92. The molecule has 1 aromatic rings. The van der Waals surface area contributed by atoms with E-state index in [1.54, 1.807) is 13.8 Å². The van der Waals surface area contributed by atoms with Gasteiger partial charge in [-0.15, -0.1) is 0 Å². The largest absolute Gasteiger partial charge is 0.480 e. The maximum absolute atomic E-state index is 12.1. The van der Waals surface area contributed by atoms with Crippen molar-refractivity contribution in [2.75, 3.05) is 0 Å². The standard InChI is InChI=1S/C13H15ClN2O5/c1-3-7(2)11(13(18)19)15-12(17)9-5-4-8(14)6-10(9)16(20)21/h4-7,11H,3H2,1-2H3,(H,15,17)(H,18,19)/t7-,11-/m0/s1. The van der Waals surface area contributed by atoms with Crippen LogP contribution in [0.4, 0.5) is 5.69 Å². The molecular formula is C13H15ClN2O5. The summed E-state index contributed by atoms with van der Waals surface area (Å²) in [5.74, 6) is -2.31. The van der Waals surface area contributed by atoms with Crippen molar-refractivity contribution in [3.05, 3.63) is 38.9 Å². The second kappa shape index (κ2) is 7.03. The molecule has 2 N–H and O–H groups in total. The van der Waals surface area contributed by atoms with E-state index in [0.717, 1.165) is 6.07 Å². The topological polar surface area (TPSA) is 110 Å². The van der Waals surface area contributed by atoms with E-state index < -0.39 is 28.5 Å². The summed E-state index contributed by atoms with van der Waals surface area (Å²) < 4.78 is 0. The van der Waals surface area contributed by atoms with E-state index in [4.69, 9.17) is 16.7 Å². The van der Waals surface area contributed by atoms with E-state index in [1.165, 1.54) is 12.1 Å². The zero-order valence-electron chi connectivity index (χ0n) is 11.5. The van der Waals surface area contributed by atoms with Crippen LogP contribution in [0.2, 0.25) is 5.02 Å². The van der Waals surface area contributed by atoms with Crippen LogP contribution in [0.15, 0.2) is 18.2 Å². The summed E-state index contributed by atoms with van der Waals surface area (Å²) in [6.45, 7) is 3.47. The average molecular weight is 315 g/mol. The molecule has 2 atom stereocenters. The first-order valence-corrected chi connectivity index (χ1v) is 6.63. The van der Waals surface area contributed by atoms with Crippen LogP contribution in [0.3, 0.4) is 0 Å². The van der Waals surface area contributed by atoms with Crippen molar-refractivity contribution in [2.45, 2.75) is 26.3 Å². The van der Waals surface area contributed by atoms with Gasteiger partial charge in [-0.1, -0.05) is 31.9 Å². The summed E-state index contributed by atoms with van der Waals surface area (Å²) in [5.41, 5.74) is -0.688. The predicted octanol–water partition coefficient (Wildman–Crippen LogP) is 2.48. The maximum Gasteiger partial charge on any atom is 0.326 e. The number of nitro groups is 1. The number of carboxylic acids is 1. The Bertz CT molecular complexity index is 576. The Balaban J connectivity index is 3.08. The highest BCUT2D eigenvalue weighted by Crippen LogP contribution is 2.23. The van der Waals surface area contributed by atoms with E-state index in [2.05, 4.69) is 5.32 Å². The highest BCUT2D eigenvalue weighted by Gasteiger charge is 2.28. The van der Waals surface area contributed by atoms with Crippen LogP contribution in [-0.2, 0) is 4.79 Å². The number of carbonyl (C=O) groups is 2. The second-order valence-electron chi connectivity index (χ2n) is 4.59. The molecule has 0 fully saturated rings. The first-order valence-electron chi connectivity index (χ1n) is 6.25. The minimum atomic E-state index is -1.19. The Morgan fingerprint density at radius 2 is 2.10 bits per heavy atom. The Morgan fingerprint density at radius 1 is 1.48 bits per heavy atom. The van der Waals surface area contributed by atoms with Gasteiger partial charge < -0.3 is 10.4 Å². The van der Waals surface area contributed by atoms with Crippen molar-refractivity contribution in [2.24, 2.45) is 5.92 Å². The lowest BCUT2D eigenvalue weighted by atomic mass is 9.99. The number of carboxylic acid groups (broad SMARTS) is 1.